The van der Waals surface area contributed by atoms with Crippen LogP contribution in [-0.4, -0.2) is 27.6 Å². The van der Waals surface area contributed by atoms with E-state index in [1.807, 2.05) is 0 Å². The Bertz CT molecular complexity index is 1000. The minimum atomic E-state index is -3.00. The third-order valence-corrected chi connectivity index (χ3v) is 5.40. The monoisotopic (exact) mass is 365 g/mol. The Kier molecular flexibility index (Phi) is 3.82. The molecule has 0 radical (unpaired) electrons. The molecule has 26 heavy (non-hydrogen) atoms. The summed E-state index contributed by atoms with van der Waals surface area (Å²) in [7, 11) is 0. The number of hydrogen-bond donors (Lipinski definition) is 2. The summed E-state index contributed by atoms with van der Waals surface area (Å²) in [6.45, 7) is -2.90. The number of H-pyrrole nitrogens is 1. The van der Waals surface area contributed by atoms with E-state index >= 15 is 0 Å². The molecule has 1 amide bonds. The standard InChI is InChI=1S/C17H17F2N3O4/c18-15(19)26-10-3-4-11-12(7-10)20-16(25)22(14(11)24)8-17-5-1-2-9(17)6-13(23)21-17/h3-4,7,9,15H,1-2,5-6,8H2,(H,20,25)(H,21,23). The number of halogens is 2. The van der Waals surface area contributed by atoms with Gasteiger partial charge >= 0.3 is 12.3 Å². The number of aromatic nitrogens is 2. The average Bonchev–Trinajstić information content (AvgIpc) is 3.06. The molecule has 1 saturated carbocycles. The summed E-state index contributed by atoms with van der Waals surface area (Å²) in [5, 5.41) is 3.15. The highest BCUT2D eigenvalue weighted by atomic mass is 19.3. The van der Waals surface area contributed by atoms with Crippen LogP contribution >= 0.6 is 0 Å². The third-order valence-electron chi connectivity index (χ3n) is 5.40. The number of fused-ring (bicyclic) bond motifs is 2. The lowest BCUT2D eigenvalue weighted by atomic mass is 9.89. The molecule has 7 nitrogen and oxygen atoms in total. The molecular weight excluding hydrogens is 348 g/mol. The molecule has 1 aliphatic carbocycles. The second-order valence-corrected chi connectivity index (χ2v) is 6.90. The normalized spacial score (nSPS) is 24.9. The maximum atomic E-state index is 12.8. The van der Waals surface area contributed by atoms with Crippen LogP contribution in [0.25, 0.3) is 10.9 Å². The average molecular weight is 365 g/mol. The fraction of sp³-hybridized carbons (Fsp3) is 0.471. The second-order valence-electron chi connectivity index (χ2n) is 6.90. The highest BCUT2D eigenvalue weighted by molar-refractivity contribution is 5.80. The van der Waals surface area contributed by atoms with Crippen molar-refractivity contribution in [1.29, 1.82) is 0 Å². The van der Waals surface area contributed by atoms with Crippen molar-refractivity contribution in [3.63, 3.8) is 0 Å². The lowest BCUT2D eigenvalue weighted by Crippen LogP contribution is -2.51. The maximum Gasteiger partial charge on any atom is 0.387 e. The van der Waals surface area contributed by atoms with Gasteiger partial charge in [-0.15, -0.1) is 0 Å². The molecule has 4 rings (SSSR count). The molecule has 2 unspecified atom stereocenters. The highest BCUT2D eigenvalue weighted by Crippen LogP contribution is 2.42. The van der Waals surface area contributed by atoms with E-state index in [4.69, 9.17) is 0 Å². The third kappa shape index (κ3) is 2.67. The summed E-state index contributed by atoms with van der Waals surface area (Å²) in [5.41, 5.74) is -1.60. The van der Waals surface area contributed by atoms with E-state index in [2.05, 4.69) is 15.0 Å². The van der Waals surface area contributed by atoms with Crippen LogP contribution < -0.4 is 21.3 Å². The van der Waals surface area contributed by atoms with E-state index in [1.165, 1.54) is 18.2 Å². The van der Waals surface area contributed by atoms with E-state index in [-0.39, 0.29) is 35.0 Å². The molecule has 2 aromatic rings. The van der Waals surface area contributed by atoms with Gasteiger partial charge in [-0.2, -0.15) is 8.78 Å². The predicted molar refractivity (Wildman–Crippen MR) is 88.3 cm³/mol. The molecule has 0 bridgehead atoms. The van der Waals surface area contributed by atoms with Crippen molar-refractivity contribution in [3.05, 3.63) is 39.0 Å². The molecular formula is C17H17F2N3O4. The number of carbonyl (C=O) groups is 1. The first-order chi connectivity index (χ1) is 12.4. The zero-order valence-electron chi connectivity index (χ0n) is 13.8. The topological polar surface area (TPSA) is 93.2 Å². The van der Waals surface area contributed by atoms with Crippen LogP contribution in [0.5, 0.6) is 5.75 Å². The molecule has 2 atom stereocenters. The molecule has 2 N–H and O–H groups in total. The van der Waals surface area contributed by atoms with Crippen LogP contribution in [-0.2, 0) is 11.3 Å². The lowest BCUT2D eigenvalue weighted by Gasteiger charge is -2.29. The first kappa shape index (κ1) is 16.7. The molecule has 1 saturated heterocycles. The minimum Gasteiger partial charge on any atom is -0.435 e. The van der Waals surface area contributed by atoms with Gasteiger partial charge in [-0.25, -0.2) is 4.79 Å². The summed E-state index contributed by atoms with van der Waals surface area (Å²) in [6.07, 6.45) is 2.94. The molecule has 9 heteroatoms. The lowest BCUT2D eigenvalue weighted by molar-refractivity contribution is -0.120. The number of amides is 1. The Morgan fingerprint density at radius 1 is 1.31 bits per heavy atom. The number of rotatable bonds is 4. The van der Waals surface area contributed by atoms with Gasteiger partial charge in [-0.1, -0.05) is 6.42 Å². The van der Waals surface area contributed by atoms with E-state index in [0.29, 0.717) is 12.8 Å². The zero-order chi connectivity index (χ0) is 18.5. The predicted octanol–water partition coefficient (Wildman–Crippen LogP) is 1.35. The number of alkyl halides is 2. The molecule has 1 aliphatic heterocycles. The summed E-state index contributed by atoms with van der Waals surface area (Å²) < 4.78 is 30.0. The number of nitrogens with one attached hydrogen (secondary N) is 2. The van der Waals surface area contributed by atoms with Crippen LogP contribution in [0, 0.1) is 5.92 Å². The second kappa shape index (κ2) is 5.93. The summed E-state index contributed by atoms with van der Waals surface area (Å²) >= 11 is 0. The van der Waals surface area contributed by atoms with Crippen molar-refractivity contribution >= 4 is 16.8 Å². The van der Waals surface area contributed by atoms with Gasteiger partial charge in [-0.05, 0) is 30.9 Å². The number of carbonyl (C=O) groups excluding carboxylic acids is 1. The summed E-state index contributed by atoms with van der Waals surface area (Å²) in [6, 6.07) is 3.80. The van der Waals surface area contributed by atoms with Gasteiger partial charge in [0, 0.05) is 12.5 Å². The van der Waals surface area contributed by atoms with Crippen molar-refractivity contribution in [2.45, 2.75) is 44.4 Å². The van der Waals surface area contributed by atoms with Crippen molar-refractivity contribution in [1.82, 2.24) is 14.9 Å². The molecule has 138 valence electrons. The Morgan fingerprint density at radius 3 is 2.88 bits per heavy atom. The summed E-state index contributed by atoms with van der Waals surface area (Å²) in [5.74, 6) is -0.0922. The van der Waals surface area contributed by atoms with E-state index in [1.54, 1.807) is 0 Å². The first-order valence-corrected chi connectivity index (χ1v) is 8.41. The molecule has 0 spiro atoms. The fourth-order valence-corrected chi connectivity index (χ4v) is 4.24. The van der Waals surface area contributed by atoms with Gasteiger partial charge in [0.1, 0.15) is 5.75 Å². The fourth-order valence-electron chi connectivity index (χ4n) is 4.24. The Hall–Kier alpha value is -2.71. The molecule has 2 fully saturated rings. The number of ether oxygens (including phenoxy) is 1. The van der Waals surface area contributed by atoms with Gasteiger partial charge in [0.2, 0.25) is 5.91 Å². The van der Waals surface area contributed by atoms with Crippen LogP contribution in [0.4, 0.5) is 8.78 Å². The molecule has 1 aromatic carbocycles. The highest BCUT2D eigenvalue weighted by Gasteiger charge is 2.50. The largest absolute Gasteiger partial charge is 0.435 e. The van der Waals surface area contributed by atoms with Crippen LogP contribution in [0.3, 0.4) is 0 Å². The van der Waals surface area contributed by atoms with Crippen LogP contribution in [0.15, 0.2) is 27.8 Å². The Labute approximate surface area is 146 Å². The van der Waals surface area contributed by atoms with Crippen molar-refractivity contribution in [2.75, 3.05) is 0 Å². The van der Waals surface area contributed by atoms with Gasteiger partial charge in [0.25, 0.3) is 5.56 Å². The molecule has 1 aromatic heterocycles. The first-order valence-electron chi connectivity index (χ1n) is 8.41. The zero-order valence-corrected chi connectivity index (χ0v) is 13.8. The number of hydrogen-bond acceptors (Lipinski definition) is 4. The quantitative estimate of drug-likeness (QED) is 0.855. The van der Waals surface area contributed by atoms with Gasteiger partial charge < -0.3 is 15.0 Å². The smallest absolute Gasteiger partial charge is 0.387 e. The molecule has 2 aliphatic rings. The Balaban J connectivity index is 1.76. The van der Waals surface area contributed by atoms with Crippen LogP contribution in [0.1, 0.15) is 25.7 Å². The van der Waals surface area contributed by atoms with Gasteiger partial charge in [0.15, 0.2) is 0 Å². The van der Waals surface area contributed by atoms with Gasteiger partial charge in [-0.3, -0.25) is 14.2 Å². The Morgan fingerprint density at radius 2 is 2.12 bits per heavy atom. The van der Waals surface area contributed by atoms with E-state index < -0.39 is 23.4 Å². The maximum absolute atomic E-state index is 12.8. The SMILES string of the molecule is O=C1CC2CCCC2(Cn2c(=O)[nH]c3cc(OC(F)F)ccc3c2=O)N1. The molecule has 2 heterocycles. The van der Waals surface area contributed by atoms with E-state index in [9.17, 15) is 23.2 Å². The number of aromatic amines is 1. The number of nitrogens with zero attached hydrogens (tertiary/aromatic N) is 1. The van der Waals surface area contributed by atoms with Crippen LogP contribution in [0.2, 0.25) is 0 Å². The van der Waals surface area contributed by atoms with Gasteiger partial charge in [0.05, 0.1) is 23.0 Å². The van der Waals surface area contributed by atoms with Crippen molar-refractivity contribution < 1.29 is 18.3 Å². The summed E-state index contributed by atoms with van der Waals surface area (Å²) in [4.78, 5) is 39.6. The number of benzene rings is 1. The van der Waals surface area contributed by atoms with Crippen molar-refractivity contribution in [2.24, 2.45) is 5.92 Å². The minimum absolute atomic E-state index is 0.0613. The van der Waals surface area contributed by atoms with Crippen molar-refractivity contribution in [3.8, 4) is 5.75 Å². The van der Waals surface area contributed by atoms with E-state index in [0.717, 1.165) is 17.4 Å².